The van der Waals surface area contributed by atoms with Gasteiger partial charge in [0.05, 0.1) is 17.0 Å². The minimum atomic E-state index is -0.936. The maximum atomic E-state index is 12.4. The second kappa shape index (κ2) is 8.55. The van der Waals surface area contributed by atoms with E-state index in [1.807, 2.05) is 0 Å². The number of hydrogen-bond donors (Lipinski definition) is 1. The predicted molar refractivity (Wildman–Crippen MR) is 76.1 cm³/mol. The van der Waals surface area contributed by atoms with Gasteiger partial charge in [0.1, 0.15) is 0 Å². The Balaban J connectivity index is 2.77. The first-order chi connectivity index (χ1) is 9.56. The molecule has 0 aliphatic heterocycles. The number of aliphatic carboxylic acids is 1. The Labute approximate surface area is 123 Å². The quantitative estimate of drug-likeness (QED) is 0.748. The number of benzene rings is 1. The zero-order chi connectivity index (χ0) is 15.0. The normalized spacial score (nSPS) is 10.3. The van der Waals surface area contributed by atoms with Gasteiger partial charge in [0.15, 0.2) is 0 Å². The number of nitrogens with zero attached hydrogens (tertiary/aromatic N) is 1. The van der Waals surface area contributed by atoms with Crippen molar-refractivity contribution < 1.29 is 19.4 Å². The summed E-state index contributed by atoms with van der Waals surface area (Å²) in [5.41, 5.74) is 0.386. The summed E-state index contributed by atoms with van der Waals surface area (Å²) in [6.07, 6.45) is 0.551. The molecule has 0 aliphatic carbocycles. The molecule has 1 rings (SSSR count). The summed E-state index contributed by atoms with van der Waals surface area (Å²) in [6, 6.07) is 6.74. The second-order valence-corrected chi connectivity index (χ2v) is 4.67. The molecule has 0 saturated carbocycles. The van der Waals surface area contributed by atoms with Crippen LogP contribution in [0.25, 0.3) is 0 Å². The summed E-state index contributed by atoms with van der Waals surface area (Å²) < 4.78 is 4.95. The Bertz CT molecular complexity index is 464. The Kier molecular flexibility index (Phi) is 7.04. The first-order valence-corrected chi connectivity index (χ1v) is 6.68. The van der Waals surface area contributed by atoms with Crippen molar-refractivity contribution in [3.05, 3.63) is 34.9 Å². The number of carbonyl (C=O) groups is 2. The van der Waals surface area contributed by atoms with Crippen LogP contribution >= 0.6 is 11.6 Å². The van der Waals surface area contributed by atoms with E-state index < -0.39 is 5.97 Å². The number of carboxylic acid groups (broad SMARTS) is 1. The van der Waals surface area contributed by atoms with Crippen LogP contribution in [0.1, 0.15) is 23.2 Å². The average molecular weight is 300 g/mol. The largest absolute Gasteiger partial charge is 0.481 e. The molecule has 5 nitrogen and oxygen atoms in total. The van der Waals surface area contributed by atoms with E-state index in [2.05, 4.69) is 0 Å². The van der Waals surface area contributed by atoms with Crippen molar-refractivity contribution in [3.63, 3.8) is 0 Å². The zero-order valence-corrected chi connectivity index (χ0v) is 12.1. The lowest BCUT2D eigenvalue weighted by Crippen LogP contribution is -2.34. The molecule has 1 N–H and O–H groups in total. The minimum absolute atomic E-state index is 0.0941. The molecule has 1 aromatic rings. The highest BCUT2D eigenvalue weighted by Gasteiger charge is 2.18. The van der Waals surface area contributed by atoms with Gasteiger partial charge >= 0.3 is 5.97 Å². The monoisotopic (exact) mass is 299 g/mol. The highest BCUT2D eigenvalue weighted by Crippen LogP contribution is 2.17. The van der Waals surface area contributed by atoms with Crippen molar-refractivity contribution in [1.82, 2.24) is 4.90 Å². The Hall–Kier alpha value is -1.59. The maximum absolute atomic E-state index is 12.4. The first kappa shape index (κ1) is 16.5. The van der Waals surface area contributed by atoms with Crippen LogP contribution in [0, 0.1) is 0 Å². The predicted octanol–water partition coefficient (Wildman–Crippen LogP) is 2.29. The summed E-state index contributed by atoms with van der Waals surface area (Å²) in [5, 5.41) is 9.12. The highest BCUT2D eigenvalue weighted by atomic mass is 35.5. The smallest absolute Gasteiger partial charge is 0.305 e. The van der Waals surface area contributed by atoms with Crippen LogP contribution in [-0.2, 0) is 9.53 Å². The third-order valence-corrected chi connectivity index (χ3v) is 3.09. The molecule has 0 fully saturated rings. The van der Waals surface area contributed by atoms with Crippen molar-refractivity contribution >= 4 is 23.5 Å². The van der Waals surface area contributed by atoms with Gasteiger partial charge in [0.2, 0.25) is 0 Å². The topological polar surface area (TPSA) is 66.8 Å². The van der Waals surface area contributed by atoms with Gasteiger partial charge in [0, 0.05) is 26.8 Å². The Morgan fingerprint density at radius 2 is 2.00 bits per heavy atom. The van der Waals surface area contributed by atoms with Gasteiger partial charge in [-0.25, -0.2) is 0 Å². The molecule has 0 spiro atoms. The van der Waals surface area contributed by atoms with E-state index in [9.17, 15) is 9.59 Å². The summed E-state index contributed by atoms with van der Waals surface area (Å²) >= 11 is 6.00. The molecular formula is C14H18ClNO4. The summed E-state index contributed by atoms with van der Waals surface area (Å²) in [4.78, 5) is 24.5. The molecule has 0 radical (unpaired) electrons. The van der Waals surface area contributed by atoms with E-state index in [-0.39, 0.29) is 18.9 Å². The summed E-state index contributed by atoms with van der Waals surface area (Å²) in [5.74, 6) is -1.19. The lowest BCUT2D eigenvalue weighted by molar-refractivity contribution is -0.137. The van der Waals surface area contributed by atoms with Gasteiger partial charge in [0.25, 0.3) is 5.91 Å². The van der Waals surface area contributed by atoms with Crippen LogP contribution in [0.5, 0.6) is 0 Å². The van der Waals surface area contributed by atoms with Crippen molar-refractivity contribution in [2.75, 3.05) is 26.8 Å². The molecule has 110 valence electrons. The third-order valence-electron chi connectivity index (χ3n) is 2.76. The Morgan fingerprint density at radius 3 is 2.60 bits per heavy atom. The van der Waals surface area contributed by atoms with Crippen molar-refractivity contribution in [2.45, 2.75) is 12.8 Å². The van der Waals surface area contributed by atoms with Crippen molar-refractivity contribution in [2.24, 2.45) is 0 Å². The molecule has 0 atom stereocenters. The van der Waals surface area contributed by atoms with E-state index in [1.54, 1.807) is 31.4 Å². The molecule has 0 bridgehead atoms. The van der Waals surface area contributed by atoms with Crippen LogP contribution in [0.4, 0.5) is 0 Å². The van der Waals surface area contributed by atoms with Crippen LogP contribution in [-0.4, -0.2) is 48.7 Å². The van der Waals surface area contributed by atoms with Gasteiger partial charge < -0.3 is 14.7 Å². The lowest BCUT2D eigenvalue weighted by Gasteiger charge is -2.22. The summed E-state index contributed by atoms with van der Waals surface area (Å²) in [6.45, 7) is 1.10. The molecule has 20 heavy (non-hydrogen) atoms. The van der Waals surface area contributed by atoms with Crippen molar-refractivity contribution in [3.8, 4) is 0 Å². The number of ether oxygens (including phenoxy) is 1. The molecule has 0 saturated heterocycles. The second-order valence-electron chi connectivity index (χ2n) is 4.26. The van der Waals surface area contributed by atoms with Gasteiger partial charge in [-0.2, -0.15) is 0 Å². The van der Waals surface area contributed by atoms with Crippen molar-refractivity contribution in [1.29, 1.82) is 0 Å². The van der Waals surface area contributed by atoms with E-state index >= 15 is 0 Å². The zero-order valence-electron chi connectivity index (χ0n) is 11.3. The van der Waals surface area contributed by atoms with Crippen LogP contribution < -0.4 is 0 Å². The molecule has 1 aromatic carbocycles. The van der Waals surface area contributed by atoms with E-state index in [4.69, 9.17) is 21.4 Å². The maximum Gasteiger partial charge on any atom is 0.305 e. The molecule has 1 amide bonds. The van der Waals surface area contributed by atoms with Crippen LogP contribution in [0.15, 0.2) is 24.3 Å². The molecule has 0 heterocycles. The fraction of sp³-hybridized carbons (Fsp3) is 0.429. The van der Waals surface area contributed by atoms with Crippen LogP contribution in [0.3, 0.4) is 0 Å². The number of carbonyl (C=O) groups excluding carboxylic acids is 1. The fourth-order valence-corrected chi connectivity index (χ4v) is 1.97. The van der Waals surface area contributed by atoms with Gasteiger partial charge in [-0.15, -0.1) is 0 Å². The molecule has 0 aliphatic rings. The van der Waals surface area contributed by atoms with E-state index in [0.29, 0.717) is 30.2 Å². The lowest BCUT2D eigenvalue weighted by atomic mass is 10.2. The molecular weight excluding hydrogens is 282 g/mol. The molecule has 0 unspecified atom stereocenters. The van der Waals surface area contributed by atoms with Gasteiger partial charge in [-0.1, -0.05) is 23.7 Å². The van der Waals surface area contributed by atoms with Gasteiger partial charge in [-0.3, -0.25) is 9.59 Å². The number of carboxylic acids is 1. The first-order valence-electron chi connectivity index (χ1n) is 6.30. The highest BCUT2D eigenvalue weighted by molar-refractivity contribution is 6.33. The summed E-state index contributed by atoms with van der Waals surface area (Å²) in [7, 11) is 1.58. The van der Waals surface area contributed by atoms with Crippen LogP contribution in [0.2, 0.25) is 5.02 Å². The standard InChI is InChI=1S/C14H18ClNO4/c1-20-10-4-8-16(9-7-13(17)18)14(19)11-5-2-3-6-12(11)15/h2-3,5-6H,4,7-10H2,1H3,(H,17,18). The van der Waals surface area contributed by atoms with Gasteiger partial charge in [-0.05, 0) is 18.6 Å². The van der Waals surface area contributed by atoms with E-state index in [0.717, 1.165) is 0 Å². The number of rotatable bonds is 8. The number of methoxy groups -OCH3 is 1. The number of hydrogen-bond acceptors (Lipinski definition) is 3. The number of amides is 1. The Morgan fingerprint density at radius 1 is 1.30 bits per heavy atom. The molecule has 0 aromatic heterocycles. The fourth-order valence-electron chi connectivity index (χ4n) is 1.75. The third kappa shape index (κ3) is 5.19. The SMILES string of the molecule is COCCCN(CCC(=O)O)C(=O)c1ccccc1Cl. The molecule has 6 heteroatoms. The van der Waals surface area contributed by atoms with E-state index in [1.165, 1.54) is 4.90 Å². The minimum Gasteiger partial charge on any atom is -0.481 e. The number of halogens is 1. The average Bonchev–Trinajstić information content (AvgIpc) is 2.42.